The molecule has 0 bridgehead atoms. The Bertz CT molecular complexity index is 1220. The largest absolute Gasteiger partial charge is 0.496 e. The van der Waals surface area contributed by atoms with Gasteiger partial charge in [0.1, 0.15) is 11.8 Å². The molecule has 2 N–H and O–H groups in total. The Balaban J connectivity index is 2.13. The van der Waals surface area contributed by atoms with Crippen molar-refractivity contribution in [3.05, 3.63) is 64.9 Å². The van der Waals surface area contributed by atoms with E-state index in [4.69, 9.17) is 10.5 Å². The number of methoxy groups -OCH3 is 1. The zero-order chi connectivity index (χ0) is 22.2. The van der Waals surface area contributed by atoms with Gasteiger partial charge in [-0.1, -0.05) is 43.3 Å². The maximum absolute atomic E-state index is 10.3. The molecule has 0 saturated heterocycles. The van der Waals surface area contributed by atoms with Crippen molar-refractivity contribution in [3.63, 3.8) is 0 Å². The average molecular weight is 409 g/mol. The van der Waals surface area contributed by atoms with Gasteiger partial charge in [0.15, 0.2) is 5.41 Å². The highest BCUT2D eigenvalue weighted by molar-refractivity contribution is 5.89. The molecule has 6 heteroatoms. The van der Waals surface area contributed by atoms with Crippen LogP contribution in [0, 0.1) is 45.3 Å². The molecular formula is C25H23N5O. The van der Waals surface area contributed by atoms with E-state index >= 15 is 0 Å². The Morgan fingerprint density at radius 2 is 1.90 bits per heavy atom. The molecule has 0 spiro atoms. The van der Waals surface area contributed by atoms with Crippen LogP contribution < -0.4 is 10.5 Å². The molecule has 154 valence electrons. The van der Waals surface area contributed by atoms with E-state index in [1.807, 2.05) is 42.5 Å². The summed E-state index contributed by atoms with van der Waals surface area (Å²) in [6, 6.07) is 18.3. The summed E-state index contributed by atoms with van der Waals surface area (Å²) in [7, 11) is 1.59. The van der Waals surface area contributed by atoms with Gasteiger partial charge >= 0.3 is 0 Å². The summed E-state index contributed by atoms with van der Waals surface area (Å²) in [6.45, 7) is 4.23. The lowest BCUT2D eigenvalue weighted by molar-refractivity contribution is 0.213. The minimum absolute atomic E-state index is 0.0347. The first-order chi connectivity index (χ1) is 15.1. The fraction of sp³-hybridized carbons (Fsp3) is 0.320. The van der Waals surface area contributed by atoms with Crippen molar-refractivity contribution in [2.24, 2.45) is 17.1 Å². The van der Waals surface area contributed by atoms with Crippen molar-refractivity contribution in [2.75, 3.05) is 26.7 Å². The number of ether oxygens (including phenoxy) is 1. The van der Waals surface area contributed by atoms with Crippen LogP contribution in [0.2, 0.25) is 0 Å². The van der Waals surface area contributed by atoms with Crippen LogP contribution in [0.15, 0.2) is 59.3 Å². The van der Waals surface area contributed by atoms with Crippen molar-refractivity contribution in [1.29, 1.82) is 15.8 Å². The lowest BCUT2D eigenvalue weighted by Crippen LogP contribution is -2.48. The van der Waals surface area contributed by atoms with Crippen LogP contribution in [0.1, 0.15) is 18.4 Å². The molecule has 31 heavy (non-hydrogen) atoms. The van der Waals surface area contributed by atoms with E-state index in [2.05, 4.69) is 30.0 Å². The van der Waals surface area contributed by atoms with E-state index < -0.39 is 11.3 Å². The quantitative estimate of drug-likeness (QED) is 0.829. The van der Waals surface area contributed by atoms with E-state index in [9.17, 15) is 15.8 Å². The van der Waals surface area contributed by atoms with E-state index in [1.165, 1.54) is 0 Å². The Labute approximate surface area is 182 Å². The third kappa shape index (κ3) is 2.87. The number of nitriles is 3. The van der Waals surface area contributed by atoms with Crippen LogP contribution in [0.4, 0.5) is 0 Å². The predicted octanol–water partition coefficient (Wildman–Crippen LogP) is 3.59. The highest BCUT2D eigenvalue weighted by Crippen LogP contribution is 2.57. The molecule has 2 aromatic carbocycles. The van der Waals surface area contributed by atoms with Crippen molar-refractivity contribution in [3.8, 4) is 24.0 Å². The zero-order valence-electron chi connectivity index (χ0n) is 17.6. The summed E-state index contributed by atoms with van der Waals surface area (Å²) in [4.78, 5) is 2.24. The van der Waals surface area contributed by atoms with E-state index in [0.717, 1.165) is 28.5 Å². The Hall–Kier alpha value is -3.79. The van der Waals surface area contributed by atoms with Gasteiger partial charge in [0.05, 0.1) is 30.5 Å². The standard InChI is InChI=1S/C25H23N5O/c1-3-30-11-10-18-19(12-26)24(29)25(14-27,15-28)23(20(18)13-30)22-17-7-5-4-6-16(17)8-9-21(22)31-2/h4-10,20,23H,3,11,13,29H2,1-2H3/t20-,23+/m0/s1. The molecule has 0 radical (unpaired) electrons. The molecule has 0 unspecified atom stereocenters. The van der Waals surface area contributed by atoms with Crippen LogP contribution in [0.25, 0.3) is 10.8 Å². The summed E-state index contributed by atoms with van der Waals surface area (Å²) in [5.41, 5.74) is 6.68. The molecule has 1 heterocycles. The van der Waals surface area contributed by atoms with Gasteiger partial charge in [-0.05, 0) is 29.0 Å². The molecule has 4 rings (SSSR count). The van der Waals surface area contributed by atoms with Crippen LogP contribution >= 0.6 is 0 Å². The Morgan fingerprint density at radius 1 is 1.16 bits per heavy atom. The SMILES string of the molecule is CCN1CC=C2C(C#N)=C(N)C(C#N)(C#N)[C@@H](c3c(OC)ccc4ccccc34)[C@H]2C1. The maximum Gasteiger partial charge on any atom is 0.191 e. The number of benzene rings is 2. The van der Waals surface area contributed by atoms with Crippen molar-refractivity contribution >= 4 is 10.8 Å². The lowest BCUT2D eigenvalue weighted by Gasteiger charge is -2.46. The molecule has 1 aliphatic heterocycles. The third-order valence-corrected chi connectivity index (χ3v) is 6.65. The molecule has 2 atom stereocenters. The summed E-state index contributed by atoms with van der Waals surface area (Å²) >= 11 is 0. The maximum atomic E-state index is 10.3. The molecule has 2 aromatic rings. The molecule has 0 amide bonds. The van der Waals surface area contributed by atoms with Gasteiger partial charge in [-0.25, -0.2) is 0 Å². The smallest absolute Gasteiger partial charge is 0.191 e. The lowest BCUT2D eigenvalue weighted by atomic mass is 9.57. The summed E-state index contributed by atoms with van der Waals surface area (Å²) in [6.07, 6.45) is 2.02. The molecular weight excluding hydrogens is 386 g/mol. The van der Waals surface area contributed by atoms with Gasteiger partial charge in [-0.3, -0.25) is 4.90 Å². The number of fused-ring (bicyclic) bond motifs is 2. The number of nitrogens with two attached hydrogens (primary N) is 1. The number of hydrogen-bond acceptors (Lipinski definition) is 6. The first-order valence-corrected chi connectivity index (χ1v) is 10.3. The fourth-order valence-electron chi connectivity index (χ4n) is 5.08. The zero-order valence-corrected chi connectivity index (χ0v) is 17.6. The van der Waals surface area contributed by atoms with Crippen LogP contribution in [0.3, 0.4) is 0 Å². The number of likely N-dealkylation sites (N-methyl/N-ethyl adjacent to an activating group) is 1. The van der Waals surface area contributed by atoms with E-state index in [1.54, 1.807) is 7.11 Å². The molecule has 0 aromatic heterocycles. The van der Waals surface area contributed by atoms with Crippen LogP contribution in [0.5, 0.6) is 5.75 Å². The second-order valence-electron chi connectivity index (χ2n) is 7.93. The van der Waals surface area contributed by atoms with Gasteiger partial charge < -0.3 is 10.5 Å². The summed E-state index contributed by atoms with van der Waals surface area (Å²) in [5, 5.41) is 32.5. The number of nitrogens with zero attached hydrogens (tertiary/aromatic N) is 4. The number of hydrogen-bond donors (Lipinski definition) is 1. The topological polar surface area (TPSA) is 110 Å². The molecule has 0 fully saturated rings. The average Bonchev–Trinajstić information content (AvgIpc) is 2.82. The summed E-state index contributed by atoms with van der Waals surface area (Å²) in [5.74, 6) is -0.212. The van der Waals surface area contributed by atoms with Crippen LogP contribution in [-0.2, 0) is 0 Å². The number of rotatable bonds is 3. The highest BCUT2D eigenvalue weighted by atomic mass is 16.5. The fourth-order valence-corrected chi connectivity index (χ4v) is 5.08. The van der Waals surface area contributed by atoms with Crippen LogP contribution in [-0.4, -0.2) is 31.6 Å². The molecule has 1 aliphatic carbocycles. The first kappa shape index (κ1) is 20.5. The molecule has 2 aliphatic rings. The number of allylic oxidation sites excluding steroid dienone is 2. The van der Waals surface area contributed by atoms with E-state index in [-0.39, 0.29) is 17.2 Å². The van der Waals surface area contributed by atoms with Gasteiger partial charge in [0.25, 0.3) is 0 Å². The van der Waals surface area contributed by atoms with Crippen molar-refractivity contribution < 1.29 is 4.74 Å². The predicted molar refractivity (Wildman–Crippen MR) is 117 cm³/mol. The minimum atomic E-state index is -1.68. The molecule has 6 nitrogen and oxygen atoms in total. The highest BCUT2D eigenvalue weighted by Gasteiger charge is 2.55. The van der Waals surface area contributed by atoms with Gasteiger partial charge in [0.2, 0.25) is 0 Å². The minimum Gasteiger partial charge on any atom is -0.496 e. The van der Waals surface area contributed by atoms with Gasteiger partial charge in [-0.15, -0.1) is 0 Å². The van der Waals surface area contributed by atoms with Gasteiger partial charge in [0, 0.05) is 30.5 Å². The van der Waals surface area contributed by atoms with Crippen molar-refractivity contribution in [1.82, 2.24) is 4.90 Å². The Kier molecular flexibility index (Phi) is 5.15. The second kappa shape index (κ2) is 7.80. The van der Waals surface area contributed by atoms with E-state index in [0.29, 0.717) is 18.8 Å². The Morgan fingerprint density at radius 3 is 2.55 bits per heavy atom. The van der Waals surface area contributed by atoms with Crippen molar-refractivity contribution in [2.45, 2.75) is 12.8 Å². The first-order valence-electron chi connectivity index (χ1n) is 10.3. The third-order valence-electron chi connectivity index (χ3n) is 6.65. The summed E-state index contributed by atoms with van der Waals surface area (Å²) < 4.78 is 5.74. The van der Waals surface area contributed by atoms with Gasteiger partial charge in [-0.2, -0.15) is 15.8 Å². The molecule has 0 saturated carbocycles. The second-order valence-corrected chi connectivity index (χ2v) is 7.93. The monoisotopic (exact) mass is 409 g/mol. The normalized spacial score (nSPS) is 22.6.